The highest BCUT2D eigenvalue weighted by Gasteiger charge is 2.20. The SMILES string of the molecule is CCOCCS(=O)(=O)NCC(C(C)C)C(C)C. The lowest BCUT2D eigenvalue weighted by molar-refractivity contribution is 0.163. The second-order valence-corrected chi connectivity index (χ2v) is 6.94. The van der Waals surface area contributed by atoms with Crippen molar-refractivity contribution in [3.05, 3.63) is 0 Å². The van der Waals surface area contributed by atoms with E-state index in [-0.39, 0.29) is 12.4 Å². The van der Waals surface area contributed by atoms with Gasteiger partial charge in [-0.25, -0.2) is 13.1 Å². The van der Waals surface area contributed by atoms with Crippen LogP contribution < -0.4 is 4.72 Å². The smallest absolute Gasteiger partial charge is 0.213 e. The largest absolute Gasteiger partial charge is 0.381 e. The summed E-state index contributed by atoms with van der Waals surface area (Å²) in [4.78, 5) is 0. The van der Waals surface area contributed by atoms with Crippen LogP contribution in [0.1, 0.15) is 34.6 Å². The molecular formula is C12H27NO3S. The van der Waals surface area contributed by atoms with Crippen molar-refractivity contribution in [2.45, 2.75) is 34.6 Å². The van der Waals surface area contributed by atoms with Gasteiger partial charge in [0, 0.05) is 13.2 Å². The molecule has 0 aromatic heterocycles. The highest BCUT2D eigenvalue weighted by molar-refractivity contribution is 7.89. The van der Waals surface area contributed by atoms with Crippen LogP contribution in [0.3, 0.4) is 0 Å². The monoisotopic (exact) mass is 265 g/mol. The first-order valence-corrected chi connectivity index (χ1v) is 8.00. The molecule has 4 nitrogen and oxygen atoms in total. The molecule has 17 heavy (non-hydrogen) atoms. The van der Waals surface area contributed by atoms with Crippen LogP contribution in [-0.4, -0.2) is 33.9 Å². The van der Waals surface area contributed by atoms with Crippen LogP contribution in [0.25, 0.3) is 0 Å². The van der Waals surface area contributed by atoms with E-state index in [1.807, 2.05) is 6.92 Å². The molecule has 0 aromatic rings. The van der Waals surface area contributed by atoms with Gasteiger partial charge in [-0.05, 0) is 24.7 Å². The predicted molar refractivity (Wildman–Crippen MR) is 71.4 cm³/mol. The first-order valence-electron chi connectivity index (χ1n) is 6.35. The molecule has 0 aliphatic heterocycles. The zero-order valence-electron chi connectivity index (χ0n) is 11.7. The first-order chi connectivity index (χ1) is 7.80. The maximum Gasteiger partial charge on any atom is 0.213 e. The van der Waals surface area contributed by atoms with Crippen molar-refractivity contribution in [1.82, 2.24) is 4.72 Å². The van der Waals surface area contributed by atoms with Crippen molar-refractivity contribution in [3.63, 3.8) is 0 Å². The lowest BCUT2D eigenvalue weighted by atomic mass is 9.86. The van der Waals surface area contributed by atoms with Crippen molar-refractivity contribution >= 4 is 10.0 Å². The Bertz CT molecular complexity index is 278. The van der Waals surface area contributed by atoms with E-state index in [2.05, 4.69) is 32.4 Å². The second kappa shape index (κ2) is 8.06. The van der Waals surface area contributed by atoms with Gasteiger partial charge in [0.05, 0.1) is 12.4 Å². The van der Waals surface area contributed by atoms with E-state index in [1.54, 1.807) is 0 Å². The summed E-state index contributed by atoms with van der Waals surface area (Å²) in [6.07, 6.45) is 0. The van der Waals surface area contributed by atoms with Crippen LogP contribution in [0.2, 0.25) is 0 Å². The minimum atomic E-state index is -3.19. The third-order valence-electron chi connectivity index (χ3n) is 2.95. The fourth-order valence-corrected chi connectivity index (χ4v) is 2.78. The van der Waals surface area contributed by atoms with Crippen LogP contribution in [0.5, 0.6) is 0 Å². The van der Waals surface area contributed by atoms with E-state index >= 15 is 0 Å². The van der Waals surface area contributed by atoms with E-state index in [0.717, 1.165) is 0 Å². The molecule has 0 radical (unpaired) electrons. The molecule has 0 heterocycles. The van der Waals surface area contributed by atoms with Gasteiger partial charge in [0.25, 0.3) is 0 Å². The highest BCUT2D eigenvalue weighted by atomic mass is 32.2. The minimum Gasteiger partial charge on any atom is -0.381 e. The Hall–Kier alpha value is -0.130. The third kappa shape index (κ3) is 7.73. The van der Waals surface area contributed by atoms with Crippen LogP contribution >= 0.6 is 0 Å². The Morgan fingerprint density at radius 1 is 1.12 bits per heavy atom. The van der Waals surface area contributed by atoms with Gasteiger partial charge >= 0.3 is 0 Å². The molecule has 0 unspecified atom stereocenters. The second-order valence-electron chi connectivity index (χ2n) is 5.02. The van der Waals surface area contributed by atoms with Gasteiger partial charge < -0.3 is 4.74 Å². The van der Waals surface area contributed by atoms with E-state index in [1.165, 1.54) is 0 Å². The van der Waals surface area contributed by atoms with E-state index in [0.29, 0.717) is 30.9 Å². The highest BCUT2D eigenvalue weighted by Crippen LogP contribution is 2.19. The summed E-state index contributed by atoms with van der Waals surface area (Å²) >= 11 is 0. The average Bonchev–Trinajstić information content (AvgIpc) is 2.16. The molecule has 0 spiro atoms. The molecule has 0 aliphatic rings. The van der Waals surface area contributed by atoms with Crippen LogP contribution in [0, 0.1) is 17.8 Å². The Morgan fingerprint density at radius 2 is 1.65 bits per heavy atom. The van der Waals surface area contributed by atoms with Gasteiger partial charge in [-0.1, -0.05) is 27.7 Å². The van der Waals surface area contributed by atoms with Crippen LogP contribution in [-0.2, 0) is 14.8 Å². The standard InChI is InChI=1S/C12H27NO3S/c1-6-16-7-8-17(14,15)13-9-12(10(2)3)11(4)5/h10-13H,6-9H2,1-5H3. The third-order valence-corrected chi connectivity index (χ3v) is 4.26. The fraction of sp³-hybridized carbons (Fsp3) is 1.00. The molecule has 0 fully saturated rings. The molecule has 0 saturated carbocycles. The summed E-state index contributed by atoms with van der Waals surface area (Å²) in [5.41, 5.74) is 0. The van der Waals surface area contributed by atoms with Gasteiger partial charge in [-0.3, -0.25) is 0 Å². The predicted octanol–water partition coefficient (Wildman–Crippen LogP) is 1.87. The quantitative estimate of drug-likeness (QED) is 0.648. The Balaban J connectivity index is 4.15. The molecule has 0 atom stereocenters. The van der Waals surface area contributed by atoms with Crippen molar-refractivity contribution in [2.24, 2.45) is 17.8 Å². The molecule has 5 heteroatoms. The molecular weight excluding hydrogens is 238 g/mol. The van der Waals surface area contributed by atoms with Gasteiger partial charge in [-0.2, -0.15) is 0 Å². The zero-order chi connectivity index (χ0) is 13.5. The Labute approximate surface area is 106 Å². The minimum absolute atomic E-state index is 0.0454. The summed E-state index contributed by atoms with van der Waals surface area (Å²) in [6, 6.07) is 0. The van der Waals surface area contributed by atoms with E-state index in [9.17, 15) is 8.42 Å². The lowest BCUT2D eigenvalue weighted by Gasteiger charge is -2.24. The van der Waals surface area contributed by atoms with Gasteiger partial charge in [0.15, 0.2) is 0 Å². The first kappa shape index (κ1) is 16.9. The summed E-state index contributed by atoms with van der Waals surface area (Å²) in [7, 11) is -3.19. The van der Waals surface area contributed by atoms with Crippen molar-refractivity contribution < 1.29 is 13.2 Å². The van der Waals surface area contributed by atoms with Crippen molar-refractivity contribution in [2.75, 3.05) is 25.5 Å². The summed E-state index contributed by atoms with van der Waals surface area (Å²) in [5, 5.41) is 0. The van der Waals surface area contributed by atoms with Gasteiger partial charge in [-0.15, -0.1) is 0 Å². The van der Waals surface area contributed by atoms with Gasteiger partial charge in [0.1, 0.15) is 0 Å². The number of sulfonamides is 1. The number of hydrogen-bond acceptors (Lipinski definition) is 3. The van der Waals surface area contributed by atoms with Crippen LogP contribution in [0.4, 0.5) is 0 Å². The van der Waals surface area contributed by atoms with E-state index in [4.69, 9.17) is 4.74 Å². The molecule has 0 rings (SSSR count). The lowest BCUT2D eigenvalue weighted by Crippen LogP contribution is -2.36. The normalized spacial score (nSPS) is 12.9. The topological polar surface area (TPSA) is 55.4 Å². The fourth-order valence-electron chi connectivity index (χ4n) is 1.85. The summed E-state index contributed by atoms with van der Waals surface area (Å²) in [6.45, 7) is 11.7. The molecule has 0 aliphatic carbocycles. The molecule has 0 aromatic carbocycles. The van der Waals surface area contributed by atoms with Gasteiger partial charge in [0.2, 0.25) is 10.0 Å². The summed E-state index contributed by atoms with van der Waals surface area (Å²) in [5.74, 6) is 1.37. The molecule has 104 valence electrons. The maximum absolute atomic E-state index is 11.7. The zero-order valence-corrected chi connectivity index (χ0v) is 12.5. The molecule has 0 saturated heterocycles. The number of rotatable bonds is 9. The van der Waals surface area contributed by atoms with Crippen molar-refractivity contribution in [3.8, 4) is 0 Å². The maximum atomic E-state index is 11.7. The van der Waals surface area contributed by atoms with Crippen molar-refractivity contribution in [1.29, 1.82) is 0 Å². The average molecular weight is 265 g/mol. The number of hydrogen-bond donors (Lipinski definition) is 1. The Morgan fingerprint density at radius 3 is 2.06 bits per heavy atom. The van der Waals surface area contributed by atoms with Crippen LogP contribution in [0.15, 0.2) is 0 Å². The number of ether oxygens (including phenoxy) is 1. The molecule has 0 bridgehead atoms. The number of nitrogens with one attached hydrogen (secondary N) is 1. The Kier molecular flexibility index (Phi) is 8.00. The molecule has 1 N–H and O–H groups in total. The molecule has 0 amide bonds. The summed E-state index contributed by atoms with van der Waals surface area (Å²) < 4.78 is 31.1. The van der Waals surface area contributed by atoms with E-state index < -0.39 is 10.0 Å².